The van der Waals surface area contributed by atoms with Gasteiger partial charge in [0.1, 0.15) is 0 Å². The van der Waals surface area contributed by atoms with E-state index in [1.54, 1.807) is 7.11 Å². The summed E-state index contributed by atoms with van der Waals surface area (Å²) in [6, 6.07) is 22.7. The summed E-state index contributed by atoms with van der Waals surface area (Å²) in [5.74, 6) is 0.865. The number of nitrogens with zero attached hydrogens (tertiary/aromatic N) is 1. The standard InChI is InChI=1S/C30H43NO2/c1-30(19-17-29(18-20-30)33-22-21-32-2)27-13-15-28(16-14-27)31(23-25-9-5-3-6-10-25)24-26-11-7-4-8-12-26/h3-12,27-29H,13-24H2,1-2H3/t27-,28-,29-,30+. The van der Waals surface area contributed by atoms with Gasteiger partial charge >= 0.3 is 0 Å². The van der Waals surface area contributed by atoms with Gasteiger partial charge in [-0.25, -0.2) is 0 Å². The highest BCUT2D eigenvalue weighted by Gasteiger charge is 2.40. The van der Waals surface area contributed by atoms with Gasteiger partial charge < -0.3 is 9.47 Å². The summed E-state index contributed by atoms with van der Waals surface area (Å²) in [5.41, 5.74) is 3.35. The van der Waals surface area contributed by atoms with Crippen molar-refractivity contribution in [2.45, 2.75) is 83.5 Å². The van der Waals surface area contributed by atoms with Gasteiger partial charge in [0.2, 0.25) is 0 Å². The van der Waals surface area contributed by atoms with Crippen molar-refractivity contribution >= 4 is 0 Å². The van der Waals surface area contributed by atoms with Crippen LogP contribution in [0.2, 0.25) is 0 Å². The fourth-order valence-electron chi connectivity index (χ4n) is 6.21. The van der Waals surface area contributed by atoms with Gasteiger partial charge in [0.25, 0.3) is 0 Å². The Hall–Kier alpha value is -1.68. The van der Waals surface area contributed by atoms with Crippen LogP contribution < -0.4 is 0 Å². The maximum atomic E-state index is 6.03. The third-order valence-corrected chi connectivity index (χ3v) is 8.37. The van der Waals surface area contributed by atoms with Crippen LogP contribution in [0.25, 0.3) is 0 Å². The first-order valence-corrected chi connectivity index (χ1v) is 13.1. The molecule has 0 atom stereocenters. The quantitative estimate of drug-likeness (QED) is 0.370. The van der Waals surface area contributed by atoms with Crippen LogP contribution in [0.3, 0.4) is 0 Å². The lowest BCUT2D eigenvalue weighted by Gasteiger charge is -2.47. The number of hydrogen-bond acceptors (Lipinski definition) is 3. The van der Waals surface area contributed by atoms with E-state index < -0.39 is 0 Å². The molecule has 0 heterocycles. The maximum absolute atomic E-state index is 6.03. The minimum absolute atomic E-state index is 0.441. The average molecular weight is 450 g/mol. The lowest BCUT2D eigenvalue weighted by Crippen LogP contribution is -2.42. The molecule has 3 heteroatoms. The van der Waals surface area contributed by atoms with Crippen molar-refractivity contribution in [3.05, 3.63) is 71.8 Å². The monoisotopic (exact) mass is 449 g/mol. The number of methoxy groups -OCH3 is 1. The summed E-state index contributed by atoms with van der Waals surface area (Å²) in [6.45, 7) is 6.10. The topological polar surface area (TPSA) is 21.7 Å². The van der Waals surface area contributed by atoms with Gasteiger partial charge in [0, 0.05) is 26.2 Å². The Morgan fingerprint density at radius 2 is 1.30 bits per heavy atom. The van der Waals surface area contributed by atoms with E-state index in [2.05, 4.69) is 72.5 Å². The molecule has 0 aliphatic heterocycles. The lowest BCUT2D eigenvalue weighted by molar-refractivity contribution is -0.0396. The molecule has 2 aliphatic carbocycles. The Labute approximate surface area is 201 Å². The van der Waals surface area contributed by atoms with Crippen molar-refractivity contribution in [1.29, 1.82) is 0 Å². The molecule has 2 saturated carbocycles. The smallest absolute Gasteiger partial charge is 0.0704 e. The van der Waals surface area contributed by atoms with Crippen LogP contribution in [0, 0.1) is 11.3 Å². The largest absolute Gasteiger partial charge is 0.382 e. The second-order valence-corrected chi connectivity index (χ2v) is 10.6. The highest BCUT2D eigenvalue weighted by molar-refractivity contribution is 5.17. The van der Waals surface area contributed by atoms with Gasteiger partial charge in [0.15, 0.2) is 0 Å². The molecule has 0 N–H and O–H groups in total. The van der Waals surface area contributed by atoms with E-state index in [1.165, 1.54) is 62.5 Å². The molecule has 180 valence electrons. The van der Waals surface area contributed by atoms with E-state index in [0.29, 0.717) is 24.2 Å². The number of benzene rings is 2. The Morgan fingerprint density at radius 3 is 1.82 bits per heavy atom. The Kier molecular flexibility index (Phi) is 9.00. The first-order valence-electron chi connectivity index (χ1n) is 13.1. The minimum atomic E-state index is 0.441. The molecule has 4 rings (SSSR count). The molecule has 0 bridgehead atoms. The third kappa shape index (κ3) is 6.91. The summed E-state index contributed by atoms with van der Waals surface area (Å²) >= 11 is 0. The summed E-state index contributed by atoms with van der Waals surface area (Å²) in [6.07, 6.45) is 10.9. The Morgan fingerprint density at radius 1 is 0.758 bits per heavy atom. The molecule has 0 saturated heterocycles. The highest BCUT2D eigenvalue weighted by Crippen LogP contribution is 2.49. The maximum Gasteiger partial charge on any atom is 0.0704 e. The fraction of sp³-hybridized carbons (Fsp3) is 0.600. The van der Waals surface area contributed by atoms with Gasteiger partial charge in [-0.3, -0.25) is 4.90 Å². The molecule has 0 unspecified atom stereocenters. The van der Waals surface area contributed by atoms with Crippen LogP contribution in [0.4, 0.5) is 0 Å². The second-order valence-electron chi connectivity index (χ2n) is 10.6. The van der Waals surface area contributed by atoms with E-state index in [1.807, 2.05) is 0 Å². The van der Waals surface area contributed by atoms with Crippen LogP contribution >= 0.6 is 0 Å². The molecule has 2 aliphatic rings. The van der Waals surface area contributed by atoms with E-state index in [0.717, 1.165) is 25.6 Å². The Bertz CT molecular complexity index is 751. The van der Waals surface area contributed by atoms with E-state index in [9.17, 15) is 0 Å². The van der Waals surface area contributed by atoms with Crippen molar-refractivity contribution in [2.75, 3.05) is 20.3 Å². The van der Waals surface area contributed by atoms with Gasteiger partial charge in [-0.2, -0.15) is 0 Å². The highest BCUT2D eigenvalue weighted by atomic mass is 16.5. The summed E-state index contributed by atoms with van der Waals surface area (Å²) in [5, 5.41) is 0. The van der Waals surface area contributed by atoms with E-state index >= 15 is 0 Å². The van der Waals surface area contributed by atoms with Crippen molar-refractivity contribution in [3.8, 4) is 0 Å². The van der Waals surface area contributed by atoms with Crippen molar-refractivity contribution in [1.82, 2.24) is 4.90 Å². The molecule has 33 heavy (non-hydrogen) atoms. The van der Waals surface area contributed by atoms with Crippen molar-refractivity contribution < 1.29 is 9.47 Å². The molecule has 0 spiro atoms. The van der Waals surface area contributed by atoms with Crippen LogP contribution in [0.15, 0.2) is 60.7 Å². The van der Waals surface area contributed by atoms with Gasteiger partial charge in [0.05, 0.1) is 19.3 Å². The first-order chi connectivity index (χ1) is 16.2. The zero-order valence-corrected chi connectivity index (χ0v) is 20.8. The molecule has 0 aromatic heterocycles. The van der Waals surface area contributed by atoms with E-state index in [4.69, 9.17) is 9.47 Å². The van der Waals surface area contributed by atoms with Crippen LogP contribution in [0.1, 0.15) is 69.4 Å². The molecule has 2 aromatic rings. The molecule has 2 aromatic carbocycles. The third-order valence-electron chi connectivity index (χ3n) is 8.37. The summed E-state index contributed by atoms with van der Waals surface area (Å²) in [4.78, 5) is 2.74. The molecular formula is C30H43NO2. The van der Waals surface area contributed by atoms with Crippen LogP contribution in [-0.2, 0) is 22.6 Å². The van der Waals surface area contributed by atoms with Gasteiger partial charge in [-0.15, -0.1) is 0 Å². The number of ether oxygens (including phenoxy) is 2. The number of hydrogen-bond donors (Lipinski definition) is 0. The fourth-order valence-corrected chi connectivity index (χ4v) is 6.21. The predicted octanol–water partition coefficient (Wildman–Crippen LogP) is 6.86. The number of rotatable bonds is 10. The first kappa shape index (κ1) is 24.4. The summed E-state index contributed by atoms with van der Waals surface area (Å²) < 4.78 is 11.2. The summed E-state index contributed by atoms with van der Waals surface area (Å²) in [7, 11) is 1.75. The predicted molar refractivity (Wildman–Crippen MR) is 136 cm³/mol. The van der Waals surface area contributed by atoms with Crippen molar-refractivity contribution in [3.63, 3.8) is 0 Å². The molecule has 0 radical (unpaired) electrons. The molecular weight excluding hydrogens is 406 g/mol. The normalized spacial score (nSPS) is 28.2. The van der Waals surface area contributed by atoms with Gasteiger partial charge in [-0.05, 0) is 73.8 Å². The molecule has 3 nitrogen and oxygen atoms in total. The molecule has 0 amide bonds. The van der Waals surface area contributed by atoms with Crippen LogP contribution in [-0.4, -0.2) is 37.4 Å². The average Bonchev–Trinajstić information content (AvgIpc) is 2.86. The van der Waals surface area contributed by atoms with Crippen LogP contribution in [0.5, 0.6) is 0 Å². The molecule has 2 fully saturated rings. The van der Waals surface area contributed by atoms with Crippen molar-refractivity contribution in [2.24, 2.45) is 11.3 Å². The van der Waals surface area contributed by atoms with Gasteiger partial charge in [-0.1, -0.05) is 67.6 Å². The lowest BCUT2D eigenvalue weighted by atomic mass is 9.62. The zero-order chi connectivity index (χ0) is 22.9. The Balaban J connectivity index is 1.33. The minimum Gasteiger partial charge on any atom is -0.382 e. The SMILES string of the molecule is COCCO[C@H]1CC[C@@](C)([C@H]2CC[C@H](N(Cc3ccccc3)Cc3ccccc3)CC2)CC1. The zero-order valence-electron chi connectivity index (χ0n) is 20.8. The van der Waals surface area contributed by atoms with E-state index in [-0.39, 0.29) is 0 Å². The second kappa shape index (κ2) is 12.1.